The van der Waals surface area contributed by atoms with Crippen molar-refractivity contribution in [2.45, 2.75) is 31.2 Å². The van der Waals surface area contributed by atoms with E-state index >= 15 is 0 Å². The highest BCUT2D eigenvalue weighted by atomic mass is 16.6. The molecule has 0 aliphatic heterocycles. The number of nitro benzene ring substituents is 1. The highest BCUT2D eigenvalue weighted by Gasteiger charge is 2.40. The number of carboxylic acid groups (broad SMARTS) is 1. The van der Waals surface area contributed by atoms with E-state index in [4.69, 9.17) is 10.8 Å². The lowest BCUT2D eigenvalue weighted by molar-refractivity contribution is -0.383. The Morgan fingerprint density at radius 1 is 1.43 bits per heavy atom. The van der Waals surface area contributed by atoms with Gasteiger partial charge < -0.3 is 16.2 Å². The lowest BCUT2D eigenvalue weighted by atomic mass is 9.74. The number of benzene rings is 1. The average Bonchev–Trinajstić information content (AvgIpc) is 2.35. The molecule has 0 bridgehead atoms. The molecule has 1 aromatic carbocycles. The summed E-state index contributed by atoms with van der Waals surface area (Å²) in [6, 6.07) is 3.76. The van der Waals surface area contributed by atoms with Crippen LogP contribution in [0.3, 0.4) is 0 Å². The van der Waals surface area contributed by atoms with Crippen molar-refractivity contribution in [2.24, 2.45) is 0 Å². The SMILES string of the molecule is Nc1ccc(C(=O)NC2(CC(=O)O)CCC2)cc1[N+](=O)[O-]. The molecule has 1 fully saturated rings. The minimum Gasteiger partial charge on any atom is -0.481 e. The number of anilines is 1. The van der Waals surface area contributed by atoms with Gasteiger partial charge in [0.15, 0.2) is 0 Å². The Hall–Kier alpha value is -2.64. The van der Waals surface area contributed by atoms with Gasteiger partial charge in [-0.15, -0.1) is 0 Å². The van der Waals surface area contributed by atoms with Crippen LogP contribution >= 0.6 is 0 Å². The quantitative estimate of drug-likeness (QED) is 0.425. The minimum atomic E-state index is -0.988. The van der Waals surface area contributed by atoms with Crippen molar-refractivity contribution < 1.29 is 19.6 Å². The van der Waals surface area contributed by atoms with E-state index in [0.29, 0.717) is 12.8 Å². The van der Waals surface area contributed by atoms with E-state index in [-0.39, 0.29) is 23.4 Å². The maximum absolute atomic E-state index is 12.2. The van der Waals surface area contributed by atoms with Crippen LogP contribution in [0.1, 0.15) is 36.0 Å². The fourth-order valence-corrected chi connectivity index (χ4v) is 2.40. The number of aliphatic carboxylic acids is 1. The van der Waals surface area contributed by atoms with Crippen LogP contribution in [0.15, 0.2) is 18.2 Å². The summed E-state index contributed by atoms with van der Waals surface area (Å²) in [5.41, 5.74) is 4.44. The van der Waals surface area contributed by atoms with E-state index in [2.05, 4.69) is 5.32 Å². The van der Waals surface area contributed by atoms with Gasteiger partial charge >= 0.3 is 5.97 Å². The number of nitro groups is 1. The van der Waals surface area contributed by atoms with Crippen molar-refractivity contribution in [2.75, 3.05) is 5.73 Å². The maximum atomic E-state index is 12.2. The molecule has 0 heterocycles. The van der Waals surface area contributed by atoms with Crippen molar-refractivity contribution in [3.05, 3.63) is 33.9 Å². The van der Waals surface area contributed by atoms with Crippen molar-refractivity contribution in [3.63, 3.8) is 0 Å². The van der Waals surface area contributed by atoms with Gasteiger partial charge in [0.05, 0.1) is 16.9 Å². The first-order chi connectivity index (χ1) is 9.83. The molecule has 0 unspecified atom stereocenters. The average molecular weight is 293 g/mol. The zero-order chi connectivity index (χ0) is 15.6. The molecule has 1 saturated carbocycles. The number of hydrogen-bond donors (Lipinski definition) is 3. The molecule has 1 aliphatic carbocycles. The summed E-state index contributed by atoms with van der Waals surface area (Å²) < 4.78 is 0. The summed E-state index contributed by atoms with van der Waals surface area (Å²) in [7, 11) is 0. The van der Waals surface area contributed by atoms with E-state index in [1.54, 1.807) is 0 Å². The number of carboxylic acids is 1. The van der Waals surface area contributed by atoms with Gasteiger partial charge in [0, 0.05) is 11.6 Å². The van der Waals surface area contributed by atoms with Gasteiger partial charge in [-0.05, 0) is 31.4 Å². The van der Waals surface area contributed by atoms with Gasteiger partial charge in [0.1, 0.15) is 5.69 Å². The second-order valence-electron chi connectivity index (χ2n) is 5.19. The first-order valence-corrected chi connectivity index (χ1v) is 6.41. The Balaban J connectivity index is 2.18. The predicted molar refractivity (Wildman–Crippen MR) is 73.8 cm³/mol. The number of nitrogens with one attached hydrogen (secondary N) is 1. The predicted octanol–water partition coefficient (Wildman–Crippen LogP) is 1.30. The van der Waals surface area contributed by atoms with Crippen molar-refractivity contribution in [1.29, 1.82) is 0 Å². The molecular formula is C13H15N3O5. The zero-order valence-electron chi connectivity index (χ0n) is 11.2. The van der Waals surface area contributed by atoms with Gasteiger partial charge in [-0.2, -0.15) is 0 Å². The standard InChI is InChI=1S/C13H15N3O5/c14-9-3-2-8(6-10(9)16(20)21)12(19)15-13(4-1-5-13)7-11(17)18/h2-3,6H,1,4-5,7,14H2,(H,15,19)(H,17,18). The fraction of sp³-hybridized carbons (Fsp3) is 0.385. The molecule has 2 rings (SSSR count). The second-order valence-corrected chi connectivity index (χ2v) is 5.19. The Morgan fingerprint density at radius 2 is 2.10 bits per heavy atom. The van der Waals surface area contributed by atoms with Crippen LogP contribution in [0.2, 0.25) is 0 Å². The van der Waals surface area contributed by atoms with Gasteiger partial charge in [-0.25, -0.2) is 0 Å². The van der Waals surface area contributed by atoms with Crippen LogP contribution in [0.25, 0.3) is 0 Å². The summed E-state index contributed by atoms with van der Waals surface area (Å²) in [6.07, 6.45) is 1.86. The Labute approximate surface area is 120 Å². The Morgan fingerprint density at radius 3 is 2.57 bits per heavy atom. The molecule has 4 N–H and O–H groups in total. The molecule has 112 valence electrons. The molecular weight excluding hydrogens is 278 g/mol. The van der Waals surface area contributed by atoms with Crippen LogP contribution in [0, 0.1) is 10.1 Å². The maximum Gasteiger partial charge on any atom is 0.305 e. The van der Waals surface area contributed by atoms with Crippen LogP contribution < -0.4 is 11.1 Å². The van der Waals surface area contributed by atoms with E-state index in [1.807, 2.05) is 0 Å². The summed E-state index contributed by atoms with van der Waals surface area (Å²) in [5, 5.41) is 22.4. The van der Waals surface area contributed by atoms with Gasteiger partial charge in [0.25, 0.3) is 11.6 Å². The highest BCUT2D eigenvalue weighted by Crippen LogP contribution is 2.35. The molecule has 0 radical (unpaired) electrons. The van der Waals surface area contributed by atoms with Crippen LogP contribution in [-0.4, -0.2) is 27.4 Å². The first-order valence-electron chi connectivity index (χ1n) is 6.41. The molecule has 0 atom stereocenters. The molecule has 1 amide bonds. The van der Waals surface area contributed by atoms with E-state index < -0.39 is 22.3 Å². The van der Waals surface area contributed by atoms with E-state index in [0.717, 1.165) is 12.5 Å². The second kappa shape index (κ2) is 5.39. The van der Waals surface area contributed by atoms with Gasteiger partial charge in [0.2, 0.25) is 0 Å². The Kier molecular flexibility index (Phi) is 3.79. The van der Waals surface area contributed by atoms with Crippen LogP contribution in [0.4, 0.5) is 11.4 Å². The third-order valence-corrected chi connectivity index (χ3v) is 3.67. The monoisotopic (exact) mass is 293 g/mol. The van der Waals surface area contributed by atoms with E-state index in [9.17, 15) is 19.7 Å². The largest absolute Gasteiger partial charge is 0.481 e. The first kappa shape index (κ1) is 14.8. The fourth-order valence-electron chi connectivity index (χ4n) is 2.40. The smallest absolute Gasteiger partial charge is 0.305 e. The number of nitrogens with zero attached hydrogens (tertiary/aromatic N) is 1. The van der Waals surface area contributed by atoms with Gasteiger partial charge in [-0.1, -0.05) is 0 Å². The molecule has 1 aliphatic rings. The van der Waals surface area contributed by atoms with Crippen LogP contribution in [0.5, 0.6) is 0 Å². The summed E-state index contributed by atoms with van der Waals surface area (Å²) in [4.78, 5) is 33.2. The number of carbonyl (C=O) groups is 2. The van der Waals surface area contributed by atoms with Gasteiger partial charge in [-0.3, -0.25) is 19.7 Å². The zero-order valence-corrected chi connectivity index (χ0v) is 11.2. The van der Waals surface area contributed by atoms with Crippen molar-refractivity contribution >= 4 is 23.3 Å². The molecule has 1 aromatic rings. The van der Waals surface area contributed by atoms with Crippen molar-refractivity contribution in [1.82, 2.24) is 5.32 Å². The number of nitrogens with two attached hydrogens (primary N) is 1. The lowest BCUT2D eigenvalue weighted by Gasteiger charge is -2.41. The molecule has 0 spiro atoms. The molecule has 21 heavy (non-hydrogen) atoms. The highest BCUT2D eigenvalue weighted by molar-refractivity contribution is 5.96. The topological polar surface area (TPSA) is 136 Å². The number of carbonyl (C=O) groups excluding carboxylic acids is 1. The Bertz CT molecular complexity index is 610. The minimum absolute atomic E-state index is 0.0274. The number of amides is 1. The number of nitrogen functional groups attached to an aromatic ring is 1. The third-order valence-electron chi connectivity index (χ3n) is 3.67. The van der Waals surface area contributed by atoms with Crippen LogP contribution in [-0.2, 0) is 4.79 Å². The number of rotatable bonds is 5. The summed E-state index contributed by atoms with van der Waals surface area (Å²) in [6.45, 7) is 0. The molecule has 0 saturated heterocycles. The molecule has 8 heteroatoms. The molecule has 0 aromatic heterocycles. The number of hydrogen-bond acceptors (Lipinski definition) is 5. The summed E-state index contributed by atoms with van der Waals surface area (Å²) in [5.74, 6) is -1.52. The van der Waals surface area contributed by atoms with E-state index in [1.165, 1.54) is 12.1 Å². The van der Waals surface area contributed by atoms with Crippen molar-refractivity contribution in [3.8, 4) is 0 Å². The summed E-state index contributed by atoms with van der Waals surface area (Å²) >= 11 is 0. The normalized spacial score (nSPS) is 15.8. The lowest BCUT2D eigenvalue weighted by Crippen LogP contribution is -2.54. The molecule has 8 nitrogen and oxygen atoms in total. The third kappa shape index (κ3) is 3.10.